The predicted octanol–water partition coefficient (Wildman–Crippen LogP) is 7.53. The van der Waals surface area contributed by atoms with E-state index < -0.39 is 0 Å². The van der Waals surface area contributed by atoms with E-state index in [9.17, 15) is 9.59 Å². The number of rotatable bonds is 12. The number of hydrogen-bond acceptors (Lipinski definition) is 6. The minimum Gasteiger partial charge on any atom is -0.495 e. The van der Waals surface area contributed by atoms with Crippen LogP contribution in [0, 0.1) is 13.8 Å². The lowest BCUT2D eigenvalue weighted by atomic mass is 10.0. The van der Waals surface area contributed by atoms with Gasteiger partial charge in [-0.3, -0.25) is 9.59 Å². The summed E-state index contributed by atoms with van der Waals surface area (Å²) in [5, 5.41) is 6.30. The Bertz CT molecular complexity index is 1450. The van der Waals surface area contributed by atoms with Gasteiger partial charge in [0.15, 0.2) is 11.6 Å². The predicted molar refractivity (Wildman–Crippen MR) is 165 cm³/mol. The first-order chi connectivity index (χ1) is 19.9. The molecule has 0 saturated carbocycles. The van der Waals surface area contributed by atoms with Gasteiger partial charge in [0.1, 0.15) is 11.5 Å². The number of nitrogens with one attached hydrogen (secondary N) is 2. The molecule has 0 atom stereocenters. The van der Waals surface area contributed by atoms with E-state index >= 15 is 0 Å². The van der Waals surface area contributed by atoms with Crippen LogP contribution in [0.15, 0.2) is 109 Å². The van der Waals surface area contributed by atoms with Crippen LogP contribution in [0.5, 0.6) is 11.5 Å². The first-order valence-electron chi connectivity index (χ1n) is 13.3. The van der Waals surface area contributed by atoms with E-state index in [-0.39, 0.29) is 11.6 Å². The fraction of sp³-hybridized carbons (Fsp3) is 0.143. The molecule has 0 aromatic heterocycles. The average Bonchev–Trinajstić information content (AvgIpc) is 2.98. The van der Waals surface area contributed by atoms with Gasteiger partial charge in [-0.1, -0.05) is 71.8 Å². The molecule has 2 N–H and O–H groups in total. The molecule has 0 amide bonds. The van der Waals surface area contributed by atoms with Gasteiger partial charge in [0.2, 0.25) is 0 Å². The third-order valence-corrected chi connectivity index (χ3v) is 6.56. The van der Waals surface area contributed by atoms with Crippen LogP contribution in [-0.2, 0) is 6.42 Å². The molecule has 4 aromatic rings. The number of hydrogen-bond donors (Lipinski definition) is 2. The van der Waals surface area contributed by atoms with Crippen LogP contribution >= 0.6 is 0 Å². The number of allylic oxidation sites excluding steroid dienone is 2. The SMILES string of the molecule is COc1cc(Cc2ccc(N/C=C\C(=O)c3ccc(C)cc3)c(OC)c2)ccc1N/C=C\C(=O)c1ccc(C)cc1. The minimum absolute atomic E-state index is 0.0756. The molecule has 41 heavy (non-hydrogen) atoms. The lowest BCUT2D eigenvalue weighted by Crippen LogP contribution is -1.99. The molecular weight excluding hydrogens is 512 g/mol. The summed E-state index contributed by atoms with van der Waals surface area (Å²) in [5.41, 5.74) is 7.12. The molecule has 4 rings (SSSR count). The summed E-state index contributed by atoms with van der Waals surface area (Å²) < 4.78 is 11.2. The Hall–Kier alpha value is -5.10. The Morgan fingerprint density at radius 3 is 1.37 bits per heavy atom. The highest BCUT2D eigenvalue weighted by Gasteiger charge is 2.08. The van der Waals surface area contributed by atoms with Crippen LogP contribution in [0.1, 0.15) is 43.0 Å². The van der Waals surface area contributed by atoms with Crippen LogP contribution < -0.4 is 20.1 Å². The van der Waals surface area contributed by atoms with Crippen molar-refractivity contribution >= 4 is 22.9 Å². The molecule has 0 heterocycles. The molecule has 0 aliphatic carbocycles. The monoisotopic (exact) mass is 546 g/mol. The number of ketones is 2. The van der Waals surface area contributed by atoms with E-state index in [0.29, 0.717) is 29.0 Å². The van der Waals surface area contributed by atoms with Gasteiger partial charge >= 0.3 is 0 Å². The van der Waals surface area contributed by atoms with E-state index in [1.165, 1.54) is 12.2 Å². The Morgan fingerprint density at radius 1 is 0.610 bits per heavy atom. The molecule has 0 aliphatic heterocycles. The van der Waals surface area contributed by atoms with Crippen molar-refractivity contribution in [2.45, 2.75) is 20.3 Å². The van der Waals surface area contributed by atoms with Gasteiger partial charge in [-0.05, 0) is 55.7 Å². The van der Waals surface area contributed by atoms with Crippen LogP contribution in [0.2, 0.25) is 0 Å². The first kappa shape index (κ1) is 28.9. The van der Waals surface area contributed by atoms with Crippen molar-refractivity contribution in [1.29, 1.82) is 0 Å². The third kappa shape index (κ3) is 7.96. The Kier molecular flexibility index (Phi) is 9.73. The van der Waals surface area contributed by atoms with Crippen LogP contribution in [0.25, 0.3) is 0 Å². The van der Waals surface area contributed by atoms with Gasteiger partial charge < -0.3 is 20.1 Å². The molecule has 0 aliphatic rings. The highest BCUT2D eigenvalue weighted by atomic mass is 16.5. The van der Waals surface area contributed by atoms with Gasteiger partial charge in [-0.2, -0.15) is 0 Å². The number of carbonyl (C=O) groups is 2. The van der Waals surface area contributed by atoms with E-state index in [1.54, 1.807) is 26.6 Å². The fourth-order valence-corrected chi connectivity index (χ4v) is 4.21. The first-order valence-corrected chi connectivity index (χ1v) is 13.3. The maximum atomic E-state index is 12.4. The highest BCUT2D eigenvalue weighted by molar-refractivity contribution is 6.05. The number of methoxy groups -OCH3 is 2. The second kappa shape index (κ2) is 13.8. The highest BCUT2D eigenvalue weighted by Crippen LogP contribution is 2.30. The van der Waals surface area contributed by atoms with E-state index in [2.05, 4.69) is 10.6 Å². The second-order valence-electron chi connectivity index (χ2n) is 9.66. The quantitative estimate of drug-likeness (QED) is 0.141. The standard InChI is InChI=1S/C35H34N2O4/c1-24-5-11-28(12-6-24)32(38)17-19-36-30-15-9-26(22-34(30)40-3)21-27-10-16-31(35(23-27)41-4)37-20-18-33(39)29-13-7-25(2)8-14-29/h5-20,22-23,36-37H,21H2,1-4H3/b19-17-,20-18-. The third-order valence-electron chi connectivity index (χ3n) is 6.56. The molecule has 0 radical (unpaired) electrons. The van der Waals surface area contributed by atoms with E-state index in [1.807, 2.05) is 98.8 Å². The smallest absolute Gasteiger partial charge is 0.187 e. The summed E-state index contributed by atoms with van der Waals surface area (Å²) in [4.78, 5) is 24.8. The van der Waals surface area contributed by atoms with E-state index in [4.69, 9.17) is 9.47 Å². The van der Waals surface area contributed by atoms with Crippen molar-refractivity contribution in [3.8, 4) is 11.5 Å². The number of ether oxygens (including phenoxy) is 2. The zero-order valence-corrected chi connectivity index (χ0v) is 23.7. The fourth-order valence-electron chi connectivity index (χ4n) is 4.21. The minimum atomic E-state index is -0.0756. The Morgan fingerprint density at radius 2 is 1.00 bits per heavy atom. The topological polar surface area (TPSA) is 76.7 Å². The summed E-state index contributed by atoms with van der Waals surface area (Å²) in [5.74, 6) is 1.19. The van der Waals surface area contributed by atoms with Crippen LogP contribution in [0.4, 0.5) is 11.4 Å². The number of carbonyl (C=O) groups excluding carboxylic acids is 2. The molecular formula is C35H34N2O4. The molecule has 6 nitrogen and oxygen atoms in total. The lowest BCUT2D eigenvalue weighted by molar-refractivity contribution is 0.103. The summed E-state index contributed by atoms with van der Waals surface area (Å²) in [6.45, 7) is 3.98. The number of anilines is 2. The molecule has 6 heteroatoms. The Labute approximate surface area is 241 Å². The average molecular weight is 547 g/mol. The van der Waals surface area contributed by atoms with Gasteiger partial charge in [0.25, 0.3) is 0 Å². The van der Waals surface area contributed by atoms with Crippen molar-refractivity contribution in [3.05, 3.63) is 143 Å². The summed E-state index contributed by atoms with van der Waals surface area (Å²) in [6.07, 6.45) is 6.93. The maximum Gasteiger partial charge on any atom is 0.187 e. The van der Waals surface area contributed by atoms with Gasteiger partial charge in [-0.25, -0.2) is 0 Å². The van der Waals surface area contributed by atoms with Crippen molar-refractivity contribution < 1.29 is 19.1 Å². The van der Waals surface area contributed by atoms with Crippen LogP contribution in [0.3, 0.4) is 0 Å². The molecule has 0 spiro atoms. The summed E-state index contributed by atoms with van der Waals surface area (Å²) >= 11 is 0. The van der Waals surface area contributed by atoms with Gasteiger partial charge in [0.05, 0.1) is 25.6 Å². The summed E-state index contributed by atoms with van der Waals surface area (Å²) in [6, 6.07) is 26.8. The van der Waals surface area contributed by atoms with Crippen molar-refractivity contribution in [3.63, 3.8) is 0 Å². The molecule has 4 aromatic carbocycles. The lowest BCUT2D eigenvalue weighted by Gasteiger charge is -2.13. The van der Waals surface area contributed by atoms with Crippen molar-refractivity contribution in [2.24, 2.45) is 0 Å². The van der Waals surface area contributed by atoms with Gasteiger partial charge in [0, 0.05) is 35.7 Å². The molecule has 0 fully saturated rings. The zero-order valence-electron chi connectivity index (χ0n) is 23.7. The van der Waals surface area contributed by atoms with Crippen molar-refractivity contribution in [1.82, 2.24) is 0 Å². The molecule has 0 bridgehead atoms. The van der Waals surface area contributed by atoms with Crippen LogP contribution in [-0.4, -0.2) is 25.8 Å². The number of aryl methyl sites for hydroxylation is 2. The van der Waals surface area contributed by atoms with E-state index in [0.717, 1.165) is 33.6 Å². The van der Waals surface area contributed by atoms with Gasteiger partial charge in [-0.15, -0.1) is 0 Å². The zero-order chi connectivity index (χ0) is 29.2. The Balaban J connectivity index is 1.38. The van der Waals surface area contributed by atoms with Crippen molar-refractivity contribution in [2.75, 3.05) is 24.9 Å². The second-order valence-corrected chi connectivity index (χ2v) is 9.66. The summed E-state index contributed by atoms with van der Waals surface area (Å²) in [7, 11) is 3.23. The molecule has 208 valence electrons. The molecule has 0 saturated heterocycles. The molecule has 0 unspecified atom stereocenters. The normalized spacial score (nSPS) is 11.0. The maximum absolute atomic E-state index is 12.4. The number of benzene rings is 4. The largest absolute Gasteiger partial charge is 0.495 e.